The van der Waals surface area contributed by atoms with E-state index in [1.54, 1.807) is 36.4 Å². The molecule has 4 aromatic rings. The monoisotopic (exact) mass is 499 g/mol. The van der Waals surface area contributed by atoms with Crippen LogP contribution in [-0.2, 0) is 17.9 Å². The summed E-state index contributed by atoms with van der Waals surface area (Å²) in [7, 11) is 1.53. The van der Waals surface area contributed by atoms with Crippen LogP contribution in [0.15, 0.2) is 89.8 Å². The summed E-state index contributed by atoms with van der Waals surface area (Å²) in [4.78, 5) is 27.4. The van der Waals surface area contributed by atoms with E-state index < -0.39 is 0 Å². The Morgan fingerprint density at radius 3 is 2.50 bits per heavy atom. The lowest BCUT2D eigenvalue weighted by Gasteiger charge is -2.14. The molecular formula is C29H22FNO4S. The minimum Gasteiger partial charge on any atom is -0.493 e. The average molecular weight is 500 g/mol. The number of ether oxygens (including phenoxy) is 2. The second-order valence-corrected chi connectivity index (χ2v) is 9.22. The van der Waals surface area contributed by atoms with Gasteiger partial charge in [0.05, 0.1) is 18.6 Å². The molecule has 5 nitrogen and oxygen atoms in total. The van der Waals surface area contributed by atoms with Crippen molar-refractivity contribution in [2.45, 2.75) is 13.2 Å². The van der Waals surface area contributed by atoms with Gasteiger partial charge in [0.2, 0.25) is 0 Å². The number of amides is 2. The first-order chi connectivity index (χ1) is 17.5. The van der Waals surface area contributed by atoms with Gasteiger partial charge < -0.3 is 9.47 Å². The van der Waals surface area contributed by atoms with Gasteiger partial charge in [0.25, 0.3) is 11.1 Å². The third-order valence-electron chi connectivity index (χ3n) is 5.88. The summed E-state index contributed by atoms with van der Waals surface area (Å²) in [6, 6.07) is 25.1. The quantitative estimate of drug-likeness (QED) is 0.262. The first kappa shape index (κ1) is 23.6. The van der Waals surface area contributed by atoms with Gasteiger partial charge >= 0.3 is 0 Å². The molecular weight excluding hydrogens is 477 g/mol. The number of rotatable bonds is 7. The third kappa shape index (κ3) is 4.97. The fourth-order valence-corrected chi connectivity index (χ4v) is 4.86. The van der Waals surface area contributed by atoms with E-state index in [1.807, 2.05) is 42.5 Å². The summed E-state index contributed by atoms with van der Waals surface area (Å²) < 4.78 is 24.4. The van der Waals surface area contributed by atoms with E-state index in [0.29, 0.717) is 22.0 Å². The Morgan fingerprint density at radius 2 is 1.69 bits per heavy atom. The lowest BCUT2D eigenvalue weighted by molar-refractivity contribution is -0.123. The van der Waals surface area contributed by atoms with Crippen molar-refractivity contribution in [1.29, 1.82) is 0 Å². The van der Waals surface area contributed by atoms with Gasteiger partial charge in [-0.25, -0.2) is 4.39 Å². The number of halogens is 1. The van der Waals surface area contributed by atoms with Crippen molar-refractivity contribution < 1.29 is 23.5 Å². The van der Waals surface area contributed by atoms with E-state index in [9.17, 15) is 14.0 Å². The van der Waals surface area contributed by atoms with E-state index in [1.165, 1.54) is 24.1 Å². The van der Waals surface area contributed by atoms with Gasteiger partial charge in [-0.05, 0) is 69.6 Å². The molecule has 0 aromatic heterocycles. The van der Waals surface area contributed by atoms with Crippen LogP contribution in [0.1, 0.15) is 16.7 Å². The fourth-order valence-electron chi connectivity index (χ4n) is 4.02. The van der Waals surface area contributed by atoms with Gasteiger partial charge in [-0.2, -0.15) is 0 Å². The van der Waals surface area contributed by atoms with Crippen molar-refractivity contribution in [3.63, 3.8) is 0 Å². The van der Waals surface area contributed by atoms with Crippen molar-refractivity contribution >= 4 is 39.8 Å². The van der Waals surface area contributed by atoms with Crippen LogP contribution in [0.4, 0.5) is 9.18 Å². The lowest BCUT2D eigenvalue weighted by Crippen LogP contribution is -2.27. The molecule has 0 N–H and O–H groups in total. The molecule has 36 heavy (non-hydrogen) atoms. The number of benzene rings is 4. The van der Waals surface area contributed by atoms with Crippen LogP contribution >= 0.6 is 11.8 Å². The first-order valence-corrected chi connectivity index (χ1v) is 12.1. The summed E-state index contributed by atoms with van der Waals surface area (Å²) >= 11 is 0.923. The zero-order valence-corrected chi connectivity index (χ0v) is 20.3. The molecule has 0 saturated carbocycles. The topological polar surface area (TPSA) is 55.8 Å². The molecule has 7 heteroatoms. The third-order valence-corrected chi connectivity index (χ3v) is 6.78. The van der Waals surface area contributed by atoms with Gasteiger partial charge in [-0.1, -0.05) is 60.7 Å². The Labute approximate surface area is 212 Å². The van der Waals surface area contributed by atoms with Crippen molar-refractivity contribution in [1.82, 2.24) is 4.90 Å². The van der Waals surface area contributed by atoms with Crippen LogP contribution < -0.4 is 9.47 Å². The first-order valence-electron chi connectivity index (χ1n) is 11.3. The predicted molar refractivity (Wildman–Crippen MR) is 139 cm³/mol. The molecule has 1 heterocycles. The second-order valence-electron chi connectivity index (χ2n) is 8.23. The number of imide groups is 1. The zero-order chi connectivity index (χ0) is 25.1. The fraction of sp³-hybridized carbons (Fsp3) is 0.103. The Hall–Kier alpha value is -4.10. The highest BCUT2D eigenvalue weighted by Crippen LogP contribution is 2.36. The standard InChI is InChI=1S/C29H22FNO4S/c1-34-26-15-20(11-14-25(26)35-18-19-9-12-23(30)13-10-19)16-27-28(32)31(29(33)36-27)17-22-7-4-6-21-5-2-3-8-24(21)22/h2-16H,17-18H2,1H3/b27-16-. The number of fused-ring (bicyclic) bond motifs is 1. The van der Waals surface area contributed by atoms with E-state index in [2.05, 4.69) is 0 Å². The molecule has 1 saturated heterocycles. The molecule has 1 aliphatic rings. The summed E-state index contributed by atoms with van der Waals surface area (Å²) in [5.41, 5.74) is 2.44. The van der Waals surface area contributed by atoms with Crippen LogP contribution in [-0.4, -0.2) is 23.2 Å². The predicted octanol–water partition coefficient (Wildman–Crippen LogP) is 6.80. The molecule has 0 spiro atoms. The lowest BCUT2D eigenvalue weighted by atomic mass is 10.0. The highest BCUT2D eigenvalue weighted by Gasteiger charge is 2.35. The largest absolute Gasteiger partial charge is 0.493 e. The summed E-state index contributed by atoms with van der Waals surface area (Å²) in [5, 5.41) is 1.78. The van der Waals surface area contributed by atoms with E-state index in [-0.39, 0.29) is 30.1 Å². The van der Waals surface area contributed by atoms with Gasteiger partial charge in [-0.15, -0.1) is 0 Å². The number of nitrogens with zero attached hydrogens (tertiary/aromatic N) is 1. The number of thioether (sulfide) groups is 1. The Morgan fingerprint density at radius 1 is 0.917 bits per heavy atom. The Kier molecular flexibility index (Phi) is 6.73. The zero-order valence-electron chi connectivity index (χ0n) is 19.4. The van der Waals surface area contributed by atoms with Crippen molar-refractivity contribution in [3.8, 4) is 11.5 Å². The maximum absolute atomic E-state index is 13.1. The highest BCUT2D eigenvalue weighted by atomic mass is 32.2. The Bertz CT molecular complexity index is 1480. The van der Waals surface area contributed by atoms with Crippen molar-refractivity contribution in [3.05, 3.63) is 112 Å². The molecule has 0 unspecified atom stereocenters. The van der Waals surface area contributed by atoms with E-state index in [4.69, 9.17) is 9.47 Å². The summed E-state index contributed by atoms with van der Waals surface area (Å²) in [5.74, 6) is 0.375. The average Bonchev–Trinajstić information content (AvgIpc) is 3.16. The van der Waals surface area contributed by atoms with Gasteiger partial charge in [-0.3, -0.25) is 14.5 Å². The molecule has 0 bridgehead atoms. The minimum atomic E-state index is -0.325. The maximum atomic E-state index is 13.1. The normalized spacial score (nSPS) is 14.6. The number of methoxy groups -OCH3 is 1. The maximum Gasteiger partial charge on any atom is 0.293 e. The van der Waals surface area contributed by atoms with Crippen LogP contribution in [0.25, 0.3) is 16.8 Å². The van der Waals surface area contributed by atoms with E-state index >= 15 is 0 Å². The van der Waals surface area contributed by atoms with Crippen LogP contribution in [0.2, 0.25) is 0 Å². The molecule has 180 valence electrons. The summed E-state index contributed by atoms with van der Waals surface area (Å²) in [6.45, 7) is 0.464. The van der Waals surface area contributed by atoms with Crippen LogP contribution in [0.5, 0.6) is 11.5 Å². The molecule has 1 fully saturated rings. The summed E-state index contributed by atoms with van der Waals surface area (Å²) in [6.07, 6.45) is 1.68. The number of hydrogen-bond acceptors (Lipinski definition) is 5. The van der Waals surface area contributed by atoms with Gasteiger partial charge in [0.1, 0.15) is 12.4 Å². The smallest absolute Gasteiger partial charge is 0.293 e. The number of carbonyl (C=O) groups excluding carboxylic acids is 2. The SMILES string of the molecule is COc1cc(/C=C2\SC(=O)N(Cc3cccc4ccccc34)C2=O)ccc1OCc1ccc(F)cc1. The second kappa shape index (κ2) is 10.3. The van der Waals surface area contributed by atoms with Gasteiger partial charge in [0, 0.05) is 0 Å². The van der Waals surface area contributed by atoms with Gasteiger partial charge in [0.15, 0.2) is 11.5 Å². The molecule has 5 rings (SSSR count). The number of carbonyl (C=O) groups is 2. The molecule has 4 aromatic carbocycles. The molecule has 0 radical (unpaired) electrons. The van der Waals surface area contributed by atoms with Crippen molar-refractivity contribution in [2.24, 2.45) is 0 Å². The molecule has 2 amide bonds. The van der Waals surface area contributed by atoms with Crippen LogP contribution in [0.3, 0.4) is 0 Å². The van der Waals surface area contributed by atoms with Crippen LogP contribution in [0, 0.1) is 5.82 Å². The molecule has 0 aliphatic carbocycles. The Balaban J connectivity index is 1.33. The molecule has 0 atom stereocenters. The number of hydrogen-bond donors (Lipinski definition) is 0. The van der Waals surface area contributed by atoms with E-state index in [0.717, 1.165) is 33.7 Å². The van der Waals surface area contributed by atoms with Crippen molar-refractivity contribution in [2.75, 3.05) is 7.11 Å². The highest BCUT2D eigenvalue weighted by molar-refractivity contribution is 8.18. The minimum absolute atomic E-state index is 0.211. The molecule has 1 aliphatic heterocycles.